The van der Waals surface area contributed by atoms with Gasteiger partial charge in [-0.25, -0.2) is 14.4 Å². The van der Waals surface area contributed by atoms with E-state index in [-0.39, 0.29) is 53.0 Å². The first kappa shape index (κ1) is 65.5. The van der Waals surface area contributed by atoms with E-state index in [0.29, 0.717) is 35.0 Å². The van der Waals surface area contributed by atoms with Gasteiger partial charge in [0, 0.05) is 36.8 Å². The highest BCUT2D eigenvalue weighted by atomic mass is 28.4. The lowest BCUT2D eigenvalue weighted by molar-refractivity contribution is -0.344. The molecule has 18 heteroatoms. The van der Waals surface area contributed by atoms with E-state index >= 15 is 14.4 Å². The van der Waals surface area contributed by atoms with E-state index in [2.05, 4.69) is 80.8 Å². The van der Waals surface area contributed by atoms with Crippen LogP contribution in [0.2, 0.25) is 34.8 Å². The summed E-state index contributed by atoms with van der Waals surface area (Å²) in [5, 5.41) is 17.8. The average molecular weight is 1190 g/mol. The second-order valence-electron chi connectivity index (χ2n) is 24.9. The van der Waals surface area contributed by atoms with Crippen molar-refractivity contribution in [2.45, 2.75) is 198 Å². The molecule has 0 unspecified atom stereocenters. The maximum atomic E-state index is 16.8. The zero-order valence-electron chi connectivity index (χ0n) is 51.6. The van der Waals surface area contributed by atoms with Crippen LogP contribution in [0.5, 0.6) is 5.75 Å². The van der Waals surface area contributed by atoms with Crippen molar-refractivity contribution in [3.05, 3.63) is 138 Å². The molecule has 1 aliphatic heterocycles. The fourth-order valence-corrected chi connectivity index (χ4v) is 23.1. The van der Waals surface area contributed by atoms with E-state index in [0.717, 1.165) is 6.08 Å². The molecule has 2 saturated carbocycles. The zero-order valence-corrected chi connectivity index (χ0v) is 53.6. The SMILES string of the molecule is C=CCOc1cccc([C@H](NC(=O)c2ccccc2)[C@@H](O[Si](C(C)C)(C(C)C)C(C)C)C(=O)O[C@H]2C[C@@]3(O)[C@@H](OC(=O)c4ccccc4)[C@@H]4[C@]5(OC(=O)C=C)CO[C@@H]5C[C@H](O[Si](CC)(CC)CC)[C@@]4(C)C(=O)[C@H](OC(C)=O)C(=C2C)C3(C)C)c1. The number of ketones is 1. The zero-order chi connectivity index (χ0) is 61.9. The van der Waals surface area contributed by atoms with Crippen LogP contribution in [0.25, 0.3) is 0 Å². The molecule has 3 aromatic rings. The Morgan fingerprint density at radius 2 is 1.42 bits per heavy atom. The summed E-state index contributed by atoms with van der Waals surface area (Å²) in [7, 11) is -5.86. The molecule has 84 heavy (non-hydrogen) atoms. The standard InChI is InChI=1S/C66H89NO15Si2/c1-17-35-75-48-34-28-33-47(36-48)54(67-60(71)45-29-24-22-25-30-45)56(82-84(40(6)7,41(8)9)42(10)11)62(73)78-49-38-66(74)59(79-61(72)46-31-26-23-27-32-46)57-64(16,58(70)55(77-44(13)68)53(43(49)12)63(66,14)15)50(81-83(19-3,20-4)21-5)37-51-65(57,39-76-51)80-52(69)18-2/h17-18,22-34,36,40-42,49-51,54-57,59,74H,1-2,19-21,35,37-39H2,3-16H3,(H,67,71)/t49-,50-,51+,54-,55+,56+,57-,59-,64+,65-,66+/m0/s1. The molecule has 0 aromatic heterocycles. The Labute approximate surface area is 498 Å². The number of ether oxygens (including phenoxy) is 6. The Bertz CT molecular complexity index is 2930. The van der Waals surface area contributed by atoms with Gasteiger partial charge < -0.3 is 47.7 Å². The summed E-state index contributed by atoms with van der Waals surface area (Å²) in [5.74, 6) is -5.72. The van der Waals surface area contributed by atoms with Crippen LogP contribution >= 0.6 is 0 Å². The van der Waals surface area contributed by atoms with Gasteiger partial charge in [0.15, 0.2) is 31.9 Å². The molecule has 456 valence electrons. The summed E-state index contributed by atoms with van der Waals surface area (Å²) >= 11 is 0. The number of aliphatic hydroxyl groups is 1. The van der Waals surface area contributed by atoms with Gasteiger partial charge in [0.1, 0.15) is 36.3 Å². The molecule has 4 aliphatic rings. The quantitative estimate of drug-likeness (QED) is 0.0281. The lowest BCUT2D eigenvalue weighted by atomic mass is 9.44. The van der Waals surface area contributed by atoms with Crippen molar-refractivity contribution in [3.8, 4) is 5.75 Å². The van der Waals surface area contributed by atoms with E-state index in [1.807, 2.05) is 0 Å². The van der Waals surface area contributed by atoms with E-state index in [1.165, 1.54) is 6.92 Å². The molecule has 7 rings (SSSR count). The van der Waals surface area contributed by atoms with E-state index in [1.54, 1.807) is 119 Å². The molecule has 16 nitrogen and oxygen atoms in total. The molecule has 2 bridgehead atoms. The van der Waals surface area contributed by atoms with Crippen molar-refractivity contribution < 1.29 is 71.1 Å². The first-order valence-corrected chi connectivity index (χ1v) is 34.4. The van der Waals surface area contributed by atoms with Gasteiger partial charge >= 0.3 is 23.9 Å². The minimum absolute atomic E-state index is 0.0464. The Morgan fingerprint density at radius 3 is 1.94 bits per heavy atom. The third-order valence-electron chi connectivity index (χ3n) is 19.3. The van der Waals surface area contributed by atoms with Crippen LogP contribution in [0.4, 0.5) is 0 Å². The number of amides is 1. The van der Waals surface area contributed by atoms with E-state index in [9.17, 15) is 19.5 Å². The molecule has 3 aliphatic carbocycles. The highest BCUT2D eigenvalue weighted by Crippen LogP contribution is 2.65. The van der Waals surface area contributed by atoms with Crippen molar-refractivity contribution in [1.82, 2.24) is 5.32 Å². The summed E-state index contributed by atoms with van der Waals surface area (Å²) in [4.78, 5) is 90.6. The van der Waals surface area contributed by atoms with Crippen molar-refractivity contribution in [3.63, 3.8) is 0 Å². The molecule has 2 N–H and O–H groups in total. The topological polar surface area (TPSA) is 209 Å². The summed E-state index contributed by atoms with van der Waals surface area (Å²) < 4.78 is 54.0. The molecular weight excluding hydrogens is 1100 g/mol. The van der Waals surface area contributed by atoms with Crippen molar-refractivity contribution in [2.24, 2.45) is 16.7 Å². The first-order valence-electron chi connectivity index (χ1n) is 29.8. The molecular formula is C66H89NO15Si2. The van der Waals surface area contributed by atoms with Gasteiger partial charge in [0.2, 0.25) is 8.32 Å². The van der Waals surface area contributed by atoms with Crippen LogP contribution in [-0.2, 0) is 51.7 Å². The second kappa shape index (κ2) is 25.9. The maximum Gasteiger partial charge on any atom is 0.338 e. The first-order chi connectivity index (χ1) is 39.6. The highest BCUT2D eigenvalue weighted by molar-refractivity contribution is 6.77. The monoisotopic (exact) mass is 1190 g/mol. The number of hydrogen-bond acceptors (Lipinski definition) is 15. The molecule has 1 amide bonds. The third-order valence-corrected chi connectivity index (χ3v) is 30.1. The van der Waals surface area contributed by atoms with E-state index in [4.69, 9.17) is 37.3 Å². The second-order valence-corrected chi connectivity index (χ2v) is 35.0. The van der Waals surface area contributed by atoms with Gasteiger partial charge in [-0.05, 0) is 102 Å². The molecule has 1 heterocycles. The maximum absolute atomic E-state index is 16.8. The van der Waals surface area contributed by atoms with Crippen molar-refractivity contribution >= 4 is 52.2 Å². The van der Waals surface area contributed by atoms with Crippen molar-refractivity contribution in [2.75, 3.05) is 13.2 Å². The van der Waals surface area contributed by atoms with Gasteiger partial charge in [0.05, 0.1) is 35.6 Å². The van der Waals surface area contributed by atoms with Crippen molar-refractivity contribution in [1.29, 1.82) is 0 Å². The minimum atomic E-state index is -3.15. The largest absolute Gasteiger partial charge is 0.490 e. The normalized spacial score (nSPS) is 27.1. The number of hydrogen-bond donors (Lipinski definition) is 2. The summed E-state index contributed by atoms with van der Waals surface area (Å²) in [6.45, 7) is 33.9. The van der Waals surface area contributed by atoms with Gasteiger partial charge in [0.25, 0.3) is 5.91 Å². The van der Waals surface area contributed by atoms with Crippen LogP contribution in [0.3, 0.4) is 0 Å². The molecule has 0 spiro atoms. The number of carbonyl (C=O) groups excluding carboxylic acids is 6. The number of carbonyl (C=O) groups is 6. The van der Waals surface area contributed by atoms with Crippen LogP contribution < -0.4 is 10.1 Å². The Kier molecular flexibility index (Phi) is 20.2. The molecule has 3 fully saturated rings. The number of rotatable bonds is 24. The predicted octanol–water partition coefficient (Wildman–Crippen LogP) is 11.7. The van der Waals surface area contributed by atoms with Crippen LogP contribution in [0, 0.1) is 16.7 Å². The van der Waals surface area contributed by atoms with Crippen LogP contribution in [0.15, 0.2) is 121 Å². The van der Waals surface area contributed by atoms with Gasteiger partial charge in [-0.3, -0.25) is 14.4 Å². The Morgan fingerprint density at radius 1 is 0.821 bits per heavy atom. The summed E-state index contributed by atoms with van der Waals surface area (Å²) in [6, 6.07) is 24.5. The average Bonchev–Trinajstić information content (AvgIpc) is 0.675. The minimum Gasteiger partial charge on any atom is -0.490 e. The number of Topliss-reactive ketones (excluding diaryl/α,β-unsaturated/α-hetero) is 1. The van der Waals surface area contributed by atoms with Gasteiger partial charge in [-0.1, -0.05) is 144 Å². The Hall–Kier alpha value is -6.03. The number of fused-ring (bicyclic) bond motifs is 5. The number of nitrogens with one attached hydrogen (secondary N) is 1. The van der Waals surface area contributed by atoms with E-state index < -0.39 is 129 Å². The number of benzene rings is 3. The van der Waals surface area contributed by atoms with Crippen LogP contribution in [-0.4, -0.2) is 118 Å². The third kappa shape index (κ3) is 11.8. The molecule has 11 atom stereocenters. The summed E-state index contributed by atoms with van der Waals surface area (Å²) in [5.41, 5.74) is -6.73. The smallest absolute Gasteiger partial charge is 0.338 e. The fourth-order valence-electron chi connectivity index (χ4n) is 14.6. The summed E-state index contributed by atoms with van der Waals surface area (Å²) in [6.07, 6.45) is -6.42. The fraction of sp³-hybridized carbons (Fsp3) is 0.545. The predicted molar refractivity (Wildman–Crippen MR) is 324 cm³/mol. The lowest BCUT2D eigenvalue weighted by Crippen LogP contribution is -2.82. The molecule has 3 aromatic carbocycles. The van der Waals surface area contributed by atoms with Gasteiger partial charge in [-0.15, -0.1) is 0 Å². The van der Waals surface area contributed by atoms with Gasteiger partial charge in [-0.2, -0.15) is 0 Å². The number of esters is 4. The highest BCUT2D eigenvalue weighted by Gasteiger charge is 2.79. The molecule has 0 radical (unpaired) electrons. The molecule has 1 saturated heterocycles. The van der Waals surface area contributed by atoms with Crippen LogP contribution in [0.1, 0.15) is 142 Å². The lowest BCUT2D eigenvalue weighted by Gasteiger charge is -2.68. The Balaban J connectivity index is 1.53.